The lowest BCUT2D eigenvalue weighted by Crippen LogP contribution is -2.42. The maximum Gasteiger partial charge on any atom is 0.0862 e. The highest BCUT2D eigenvalue weighted by Gasteiger charge is 2.18. The molecule has 20 heavy (non-hydrogen) atoms. The van der Waals surface area contributed by atoms with Gasteiger partial charge in [-0.2, -0.15) is 5.10 Å². The van der Waals surface area contributed by atoms with Crippen LogP contribution in [0.15, 0.2) is 0 Å². The predicted octanol–water partition coefficient (Wildman–Crippen LogP) is 0.800. The predicted molar refractivity (Wildman–Crippen MR) is 80.7 cm³/mol. The number of ether oxygens (including phenoxy) is 1. The lowest BCUT2D eigenvalue weighted by atomic mass is 10.2. The number of hydrogen-bond acceptors (Lipinski definition) is 5. The zero-order valence-electron chi connectivity index (χ0n) is 13.3. The van der Waals surface area contributed by atoms with E-state index in [1.807, 2.05) is 13.8 Å². The van der Waals surface area contributed by atoms with Gasteiger partial charge in [0.05, 0.1) is 36.3 Å². The third kappa shape index (κ3) is 4.19. The molecule has 1 heterocycles. The zero-order chi connectivity index (χ0) is 15.3. The van der Waals surface area contributed by atoms with Crippen molar-refractivity contribution in [1.82, 2.24) is 14.7 Å². The van der Waals surface area contributed by atoms with Crippen molar-refractivity contribution in [2.45, 2.75) is 46.4 Å². The van der Waals surface area contributed by atoms with E-state index in [1.165, 1.54) is 0 Å². The lowest BCUT2D eigenvalue weighted by Gasteiger charge is -2.29. The molecule has 116 valence electrons. The molecular weight excluding hydrogens is 256 g/mol. The fourth-order valence-electron chi connectivity index (χ4n) is 2.38. The molecule has 6 heteroatoms. The average molecular weight is 284 g/mol. The van der Waals surface area contributed by atoms with Gasteiger partial charge >= 0.3 is 0 Å². The van der Waals surface area contributed by atoms with Crippen molar-refractivity contribution < 1.29 is 9.84 Å². The Kier molecular flexibility index (Phi) is 6.45. The van der Waals surface area contributed by atoms with Crippen molar-refractivity contribution in [2.24, 2.45) is 0 Å². The van der Waals surface area contributed by atoms with Crippen LogP contribution >= 0.6 is 0 Å². The van der Waals surface area contributed by atoms with Crippen molar-refractivity contribution in [3.63, 3.8) is 0 Å². The molecule has 0 bridgehead atoms. The highest BCUT2D eigenvalue weighted by Crippen LogP contribution is 2.15. The monoisotopic (exact) mass is 284 g/mol. The SMILES string of the molecule is CCN(CC(O)Cn1nc(C)c(N)c1C)C(C)COC. The van der Waals surface area contributed by atoms with Gasteiger partial charge in [0, 0.05) is 19.7 Å². The summed E-state index contributed by atoms with van der Waals surface area (Å²) in [6, 6.07) is 0.283. The first-order valence-corrected chi connectivity index (χ1v) is 7.11. The summed E-state index contributed by atoms with van der Waals surface area (Å²) < 4.78 is 6.95. The molecular formula is C14H28N4O2. The average Bonchev–Trinajstić information content (AvgIpc) is 2.63. The van der Waals surface area contributed by atoms with E-state index < -0.39 is 6.10 Å². The van der Waals surface area contributed by atoms with Crippen molar-refractivity contribution >= 4 is 5.69 Å². The Bertz CT molecular complexity index is 420. The summed E-state index contributed by atoms with van der Waals surface area (Å²) in [4.78, 5) is 2.20. The molecule has 0 radical (unpaired) electrons. The Morgan fingerprint density at radius 2 is 2.10 bits per heavy atom. The number of nitrogen functional groups attached to an aromatic ring is 1. The van der Waals surface area contributed by atoms with E-state index in [0.29, 0.717) is 25.4 Å². The van der Waals surface area contributed by atoms with Crippen molar-refractivity contribution in [3.05, 3.63) is 11.4 Å². The Hall–Kier alpha value is -1.11. The minimum absolute atomic E-state index is 0.283. The number of rotatable bonds is 8. The highest BCUT2D eigenvalue weighted by molar-refractivity contribution is 5.46. The summed E-state index contributed by atoms with van der Waals surface area (Å²) in [6.45, 7) is 10.6. The van der Waals surface area contributed by atoms with Crippen LogP contribution in [0.1, 0.15) is 25.2 Å². The molecule has 2 atom stereocenters. The maximum absolute atomic E-state index is 10.3. The summed E-state index contributed by atoms with van der Waals surface area (Å²) in [5.74, 6) is 0. The molecule has 0 aliphatic rings. The van der Waals surface area contributed by atoms with E-state index in [0.717, 1.165) is 17.9 Å². The van der Waals surface area contributed by atoms with E-state index >= 15 is 0 Å². The minimum atomic E-state index is -0.480. The normalized spacial score (nSPS) is 14.8. The second-order valence-electron chi connectivity index (χ2n) is 5.31. The first kappa shape index (κ1) is 16.9. The molecule has 0 saturated carbocycles. The molecule has 1 rings (SSSR count). The molecule has 0 amide bonds. The van der Waals surface area contributed by atoms with E-state index in [2.05, 4.69) is 23.8 Å². The van der Waals surface area contributed by atoms with Crippen LogP contribution in [0, 0.1) is 13.8 Å². The second-order valence-corrected chi connectivity index (χ2v) is 5.31. The molecule has 6 nitrogen and oxygen atoms in total. The number of likely N-dealkylation sites (N-methyl/N-ethyl adjacent to an activating group) is 1. The summed E-state index contributed by atoms with van der Waals surface area (Å²) in [7, 11) is 1.69. The van der Waals surface area contributed by atoms with Gasteiger partial charge in [0.15, 0.2) is 0 Å². The van der Waals surface area contributed by atoms with Gasteiger partial charge < -0.3 is 15.6 Å². The van der Waals surface area contributed by atoms with Crippen molar-refractivity contribution in [3.8, 4) is 0 Å². The van der Waals surface area contributed by atoms with E-state index in [4.69, 9.17) is 10.5 Å². The Balaban J connectivity index is 2.61. The maximum atomic E-state index is 10.3. The van der Waals surface area contributed by atoms with Crippen LogP contribution in [0.3, 0.4) is 0 Å². The lowest BCUT2D eigenvalue weighted by molar-refractivity contribution is 0.0500. The van der Waals surface area contributed by atoms with Gasteiger partial charge in [-0.1, -0.05) is 6.92 Å². The van der Waals surface area contributed by atoms with E-state index in [9.17, 15) is 5.11 Å². The number of aliphatic hydroxyl groups excluding tert-OH is 1. The Morgan fingerprint density at radius 1 is 1.45 bits per heavy atom. The minimum Gasteiger partial charge on any atom is -0.396 e. The Labute approximate surface area is 121 Å². The van der Waals surface area contributed by atoms with E-state index in [-0.39, 0.29) is 6.04 Å². The number of nitrogens with two attached hydrogens (primary N) is 1. The van der Waals surface area contributed by atoms with Crippen LogP contribution in [0.2, 0.25) is 0 Å². The first-order chi connectivity index (χ1) is 9.40. The largest absolute Gasteiger partial charge is 0.396 e. The van der Waals surface area contributed by atoms with Gasteiger partial charge in [-0.05, 0) is 27.3 Å². The fourth-order valence-corrected chi connectivity index (χ4v) is 2.38. The van der Waals surface area contributed by atoms with Crippen LogP contribution < -0.4 is 5.73 Å². The van der Waals surface area contributed by atoms with Crippen LogP contribution in [-0.2, 0) is 11.3 Å². The Morgan fingerprint density at radius 3 is 2.55 bits per heavy atom. The first-order valence-electron chi connectivity index (χ1n) is 7.11. The fraction of sp³-hybridized carbons (Fsp3) is 0.786. The summed E-state index contributed by atoms with van der Waals surface area (Å²) in [6.07, 6.45) is -0.480. The quantitative estimate of drug-likeness (QED) is 0.738. The molecule has 0 aromatic carbocycles. The topological polar surface area (TPSA) is 76.5 Å². The molecule has 0 spiro atoms. The highest BCUT2D eigenvalue weighted by atomic mass is 16.5. The molecule has 1 aromatic heterocycles. The number of nitrogens with zero attached hydrogens (tertiary/aromatic N) is 3. The number of aliphatic hydroxyl groups is 1. The molecule has 0 fully saturated rings. The van der Waals surface area contributed by atoms with E-state index in [1.54, 1.807) is 11.8 Å². The number of methoxy groups -OCH3 is 1. The van der Waals surface area contributed by atoms with Gasteiger partial charge in [-0.25, -0.2) is 0 Å². The van der Waals surface area contributed by atoms with Crippen molar-refractivity contribution in [1.29, 1.82) is 0 Å². The number of hydrogen-bond donors (Lipinski definition) is 2. The second kappa shape index (κ2) is 7.61. The molecule has 0 aliphatic heterocycles. The van der Waals surface area contributed by atoms with Crippen LogP contribution in [0.25, 0.3) is 0 Å². The summed E-state index contributed by atoms with van der Waals surface area (Å²) in [5.41, 5.74) is 8.33. The number of aromatic nitrogens is 2. The standard InChI is InChI=1S/C14H28N4O2/c1-6-17(10(2)9-20-5)7-13(19)8-18-12(4)14(15)11(3)16-18/h10,13,19H,6-9,15H2,1-5H3. The van der Waals surface area contributed by atoms with Gasteiger partial charge in [-0.3, -0.25) is 9.58 Å². The molecule has 2 unspecified atom stereocenters. The summed E-state index contributed by atoms with van der Waals surface area (Å²) in [5, 5.41) is 14.6. The third-order valence-electron chi connectivity index (χ3n) is 3.70. The van der Waals surface area contributed by atoms with Crippen LogP contribution in [0.5, 0.6) is 0 Å². The van der Waals surface area contributed by atoms with Crippen LogP contribution in [0.4, 0.5) is 5.69 Å². The van der Waals surface area contributed by atoms with Crippen molar-refractivity contribution in [2.75, 3.05) is 32.5 Å². The third-order valence-corrected chi connectivity index (χ3v) is 3.70. The van der Waals surface area contributed by atoms with Crippen LogP contribution in [-0.4, -0.2) is 58.7 Å². The summed E-state index contributed by atoms with van der Waals surface area (Å²) >= 11 is 0. The molecule has 0 saturated heterocycles. The van der Waals surface area contributed by atoms with Gasteiger partial charge in [0.1, 0.15) is 0 Å². The van der Waals surface area contributed by atoms with Gasteiger partial charge in [-0.15, -0.1) is 0 Å². The molecule has 0 aliphatic carbocycles. The van der Waals surface area contributed by atoms with Gasteiger partial charge in [0.25, 0.3) is 0 Å². The van der Waals surface area contributed by atoms with Gasteiger partial charge in [0.2, 0.25) is 0 Å². The molecule has 3 N–H and O–H groups in total. The molecule has 1 aromatic rings. The smallest absolute Gasteiger partial charge is 0.0862 e. The zero-order valence-corrected chi connectivity index (χ0v) is 13.3. The number of aryl methyl sites for hydroxylation is 1. The number of anilines is 1.